The van der Waals surface area contributed by atoms with Gasteiger partial charge in [0, 0.05) is 20.1 Å². The molecule has 2 atom stereocenters. The minimum atomic E-state index is -0.918. The smallest absolute Gasteiger partial charge is 0.332 e. The monoisotopic (exact) mass is 431 g/mol. The molecule has 0 aliphatic heterocycles. The minimum Gasteiger partial charge on any atom is -0.497 e. The highest BCUT2D eigenvalue weighted by Gasteiger charge is 2.22. The van der Waals surface area contributed by atoms with Gasteiger partial charge in [0.05, 0.1) is 13.7 Å². The molecular formula is C21H29N5O5. The fraction of sp³-hybridized carbons (Fsp3) is 0.476. The summed E-state index contributed by atoms with van der Waals surface area (Å²) in [5, 5.41) is 13.9. The molecule has 2 N–H and O–H groups in total. The summed E-state index contributed by atoms with van der Waals surface area (Å²) in [4.78, 5) is 29.6. The van der Waals surface area contributed by atoms with Gasteiger partial charge in [-0.3, -0.25) is 13.9 Å². The van der Waals surface area contributed by atoms with E-state index >= 15 is 0 Å². The number of hydrogen-bond donors (Lipinski definition) is 2. The van der Waals surface area contributed by atoms with Gasteiger partial charge in [0.1, 0.15) is 24.2 Å². The standard InChI is InChI=1S/C21H29N5O5/c1-6-13(2)22-20-23-18-17(19(28)25(4)21(29)24(18)3)26(20)11-14(27)12-31-16-9-7-15(30-5)8-10-16/h7-10,13-14,27H,6,11-12H2,1-5H3,(H,22,23)/t13-,14-/m1/s1. The fourth-order valence-electron chi connectivity index (χ4n) is 3.18. The van der Waals surface area contributed by atoms with Gasteiger partial charge in [-0.15, -0.1) is 0 Å². The number of methoxy groups -OCH3 is 1. The van der Waals surface area contributed by atoms with Crippen LogP contribution < -0.4 is 26.0 Å². The molecule has 3 rings (SSSR count). The van der Waals surface area contributed by atoms with Gasteiger partial charge in [-0.1, -0.05) is 6.92 Å². The Balaban J connectivity index is 1.91. The number of ether oxygens (including phenoxy) is 2. The van der Waals surface area contributed by atoms with Gasteiger partial charge >= 0.3 is 5.69 Å². The van der Waals surface area contributed by atoms with Gasteiger partial charge in [0.2, 0.25) is 5.95 Å². The van der Waals surface area contributed by atoms with E-state index in [0.717, 1.165) is 11.0 Å². The van der Waals surface area contributed by atoms with Crippen LogP contribution >= 0.6 is 0 Å². The normalized spacial score (nSPS) is 13.2. The van der Waals surface area contributed by atoms with E-state index in [9.17, 15) is 14.7 Å². The van der Waals surface area contributed by atoms with Crippen molar-refractivity contribution in [1.82, 2.24) is 18.7 Å². The van der Waals surface area contributed by atoms with Crippen LogP contribution in [0.5, 0.6) is 11.5 Å². The van der Waals surface area contributed by atoms with Crippen molar-refractivity contribution in [3.05, 3.63) is 45.1 Å². The fourth-order valence-corrected chi connectivity index (χ4v) is 3.18. The van der Waals surface area contributed by atoms with Gasteiger partial charge in [-0.25, -0.2) is 4.79 Å². The molecular weight excluding hydrogens is 402 g/mol. The number of aromatic nitrogens is 4. The molecule has 0 amide bonds. The van der Waals surface area contributed by atoms with Crippen molar-refractivity contribution in [2.45, 2.75) is 39.0 Å². The lowest BCUT2D eigenvalue weighted by atomic mass is 10.3. The van der Waals surface area contributed by atoms with E-state index in [1.807, 2.05) is 13.8 Å². The Labute approximate surface area is 179 Å². The van der Waals surface area contributed by atoms with Crippen LogP contribution in [0.4, 0.5) is 5.95 Å². The van der Waals surface area contributed by atoms with Crippen LogP contribution in [0.2, 0.25) is 0 Å². The van der Waals surface area contributed by atoms with Gasteiger partial charge in [-0.2, -0.15) is 4.98 Å². The molecule has 2 heterocycles. The number of aliphatic hydroxyl groups is 1. The predicted molar refractivity (Wildman–Crippen MR) is 118 cm³/mol. The second-order valence-corrected chi connectivity index (χ2v) is 7.52. The quantitative estimate of drug-likeness (QED) is 0.522. The maximum Gasteiger partial charge on any atom is 0.332 e. The summed E-state index contributed by atoms with van der Waals surface area (Å²) in [5.41, 5.74) is -0.409. The van der Waals surface area contributed by atoms with Crippen molar-refractivity contribution in [2.24, 2.45) is 14.1 Å². The molecule has 31 heavy (non-hydrogen) atoms. The third-order valence-corrected chi connectivity index (χ3v) is 5.23. The van der Waals surface area contributed by atoms with Gasteiger partial charge in [-0.05, 0) is 37.6 Å². The van der Waals surface area contributed by atoms with Crippen molar-refractivity contribution in [3.8, 4) is 11.5 Å². The Kier molecular flexibility index (Phi) is 6.69. The van der Waals surface area contributed by atoms with Crippen LogP contribution in [0, 0.1) is 0 Å². The molecule has 168 valence electrons. The molecule has 0 bridgehead atoms. The molecule has 0 radical (unpaired) electrons. The summed E-state index contributed by atoms with van der Waals surface area (Å²) in [6, 6.07) is 7.12. The third kappa shape index (κ3) is 4.58. The number of imidazole rings is 1. The van der Waals surface area contributed by atoms with Gasteiger partial charge in [0.25, 0.3) is 5.56 Å². The summed E-state index contributed by atoms with van der Waals surface area (Å²) in [6.45, 7) is 4.10. The first-order valence-electron chi connectivity index (χ1n) is 10.1. The zero-order chi connectivity index (χ0) is 22.7. The Morgan fingerprint density at radius 2 is 1.77 bits per heavy atom. The van der Waals surface area contributed by atoms with E-state index in [0.29, 0.717) is 17.4 Å². The molecule has 0 saturated heterocycles. The number of fused-ring (bicyclic) bond motifs is 1. The number of aryl methyl sites for hydroxylation is 1. The number of anilines is 1. The van der Waals surface area contributed by atoms with Crippen molar-refractivity contribution in [1.29, 1.82) is 0 Å². The summed E-state index contributed by atoms with van der Waals surface area (Å²) in [7, 11) is 4.57. The molecule has 0 aliphatic rings. The van der Waals surface area contributed by atoms with Crippen molar-refractivity contribution < 1.29 is 14.6 Å². The second-order valence-electron chi connectivity index (χ2n) is 7.52. The Hall–Kier alpha value is -3.27. The first kappa shape index (κ1) is 22.4. The molecule has 0 spiro atoms. The highest BCUT2D eigenvalue weighted by molar-refractivity contribution is 5.74. The SMILES string of the molecule is CC[C@@H](C)Nc1nc2c(c(=O)n(C)c(=O)n2C)n1C[C@@H](O)COc1ccc(OC)cc1. The van der Waals surface area contributed by atoms with E-state index in [1.54, 1.807) is 43.0 Å². The Morgan fingerprint density at radius 1 is 1.13 bits per heavy atom. The Morgan fingerprint density at radius 3 is 2.39 bits per heavy atom. The maximum absolute atomic E-state index is 12.8. The number of nitrogens with zero attached hydrogens (tertiary/aromatic N) is 4. The Bertz CT molecular complexity index is 1160. The van der Waals surface area contributed by atoms with E-state index in [1.165, 1.54) is 11.6 Å². The molecule has 2 aromatic heterocycles. The molecule has 0 fully saturated rings. The molecule has 3 aromatic rings. The summed E-state index contributed by atoms with van der Waals surface area (Å²) < 4.78 is 14.8. The summed E-state index contributed by atoms with van der Waals surface area (Å²) in [6.07, 6.45) is -0.0811. The van der Waals surface area contributed by atoms with Crippen LogP contribution in [-0.4, -0.2) is 49.7 Å². The molecule has 0 unspecified atom stereocenters. The number of benzene rings is 1. The van der Waals surface area contributed by atoms with E-state index < -0.39 is 17.4 Å². The lowest BCUT2D eigenvalue weighted by Gasteiger charge is -2.18. The van der Waals surface area contributed by atoms with Crippen LogP contribution in [0.1, 0.15) is 20.3 Å². The summed E-state index contributed by atoms with van der Waals surface area (Å²) in [5.74, 6) is 1.72. The van der Waals surface area contributed by atoms with E-state index in [4.69, 9.17) is 9.47 Å². The van der Waals surface area contributed by atoms with Crippen molar-refractivity contribution >= 4 is 17.1 Å². The molecule has 10 heteroatoms. The van der Waals surface area contributed by atoms with Crippen molar-refractivity contribution in [3.63, 3.8) is 0 Å². The summed E-state index contributed by atoms with van der Waals surface area (Å²) >= 11 is 0. The highest BCUT2D eigenvalue weighted by atomic mass is 16.5. The van der Waals surface area contributed by atoms with Gasteiger partial charge < -0.3 is 24.5 Å². The zero-order valence-corrected chi connectivity index (χ0v) is 18.5. The minimum absolute atomic E-state index is 0.0147. The molecule has 0 aliphatic carbocycles. The topological polar surface area (TPSA) is 113 Å². The number of hydrogen-bond acceptors (Lipinski definition) is 7. The second kappa shape index (κ2) is 9.25. The lowest BCUT2D eigenvalue weighted by molar-refractivity contribution is 0.0937. The average molecular weight is 431 g/mol. The van der Waals surface area contributed by atoms with Crippen LogP contribution in [0.15, 0.2) is 33.9 Å². The predicted octanol–water partition coefficient (Wildman–Crippen LogP) is 1.09. The first-order chi connectivity index (χ1) is 14.8. The van der Waals surface area contributed by atoms with Crippen molar-refractivity contribution in [2.75, 3.05) is 19.0 Å². The molecule has 0 saturated carbocycles. The number of nitrogens with one attached hydrogen (secondary N) is 1. The van der Waals surface area contributed by atoms with Crippen LogP contribution in [-0.2, 0) is 20.6 Å². The van der Waals surface area contributed by atoms with Crippen LogP contribution in [0.25, 0.3) is 11.2 Å². The number of aliphatic hydroxyl groups excluding tert-OH is 1. The van der Waals surface area contributed by atoms with Gasteiger partial charge in [0.15, 0.2) is 11.2 Å². The zero-order valence-electron chi connectivity index (χ0n) is 18.5. The lowest BCUT2D eigenvalue weighted by Crippen LogP contribution is -2.38. The molecule has 1 aromatic carbocycles. The van der Waals surface area contributed by atoms with E-state index in [2.05, 4.69) is 10.3 Å². The molecule has 10 nitrogen and oxygen atoms in total. The van der Waals surface area contributed by atoms with Crippen LogP contribution in [0.3, 0.4) is 0 Å². The maximum atomic E-state index is 12.8. The number of rotatable bonds is 9. The highest BCUT2D eigenvalue weighted by Crippen LogP contribution is 2.19. The third-order valence-electron chi connectivity index (χ3n) is 5.23. The first-order valence-corrected chi connectivity index (χ1v) is 10.1. The van der Waals surface area contributed by atoms with E-state index in [-0.39, 0.29) is 30.4 Å². The average Bonchev–Trinajstić information content (AvgIpc) is 3.12. The largest absolute Gasteiger partial charge is 0.497 e.